The number of ether oxygens (including phenoxy) is 1. The first-order chi connectivity index (χ1) is 22.2. The van der Waals surface area contributed by atoms with Gasteiger partial charge in [0.2, 0.25) is 22.6 Å². The van der Waals surface area contributed by atoms with Gasteiger partial charge < -0.3 is 25.4 Å². The van der Waals surface area contributed by atoms with Crippen LogP contribution in [0.3, 0.4) is 0 Å². The van der Waals surface area contributed by atoms with Crippen LogP contribution in [0, 0.1) is 5.53 Å². The van der Waals surface area contributed by atoms with Crippen molar-refractivity contribution in [1.82, 2.24) is 25.3 Å². The number of carboxylic acids is 1. The van der Waals surface area contributed by atoms with Crippen LogP contribution in [0.1, 0.15) is 65.9 Å². The molecule has 4 N–H and O–H groups in total. The molecule has 0 radical (unpaired) electrons. The van der Waals surface area contributed by atoms with Crippen LogP contribution < -0.4 is 15.5 Å². The fourth-order valence-corrected chi connectivity index (χ4v) is 5.42. The minimum absolute atomic E-state index is 0.00452. The number of amides is 4. The van der Waals surface area contributed by atoms with E-state index in [2.05, 4.69) is 20.7 Å². The zero-order valence-electron chi connectivity index (χ0n) is 27.9. The zero-order chi connectivity index (χ0) is 34.9. The molecule has 4 amide bonds. The van der Waals surface area contributed by atoms with E-state index < -0.39 is 65.6 Å². The van der Waals surface area contributed by atoms with Gasteiger partial charge in [0.05, 0.1) is 0 Å². The van der Waals surface area contributed by atoms with Crippen molar-refractivity contribution in [3.05, 3.63) is 48.0 Å². The Morgan fingerprint density at radius 1 is 1.11 bits per heavy atom. The number of hydrogen-bond donors (Lipinski definition) is 4. The number of rotatable bonds is 13. The predicted molar refractivity (Wildman–Crippen MR) is 173 cm³/mol. The number of hydrogen-bond acceptors (Lipinski definition) is 8. The second-order valence-electron chi connectivity index (χ2n) is 12.8. The molecule has 0 aliphatic carbocycles. The molecule has 254 valence electrons. The molecule has 1 saturated heterocycles. The average Bonchev–Trinajstić information content (AvgIpc) is 3.44. The van der Waals surface area contributed by atoms with Gasteiger partial charge in [-0.25, -0.2) is 9.59 Å². The van der Waals surface area contributed by atoms with E-state index in [-0.39, 0.29) is 25.8 Å². The van der Waals surface area contributed by atoms with Crippen molar-refractivity contribution in [2.75, 3.05) is 13.6 Å². The highest BCUT2D eigenvalue weighted by atomic mass is 16.6. The monoisotopic (exact) mass is 652 g/mol. The van der Waals surface area contributed by atoms with Gasteiger partial charge in [0.25, 0.3) is 0 Å². The second-order valence-corrected chi connectivity index (χ2v) is 12.8. The molecule has 0 spiro atoms. The molecule has 5 atom stereocenters. The number of unbranched alkanes of at least 4 members (excludes halogenated alkanes) is 1. The first-order valence-corrected chi connectivity index (χ1v) is 15.8. The summed E-state index contributed by atoms with van der Waals surface area (Å²) in [5.74, 6) is -3.14. The Morgan fingerprint density at radius 3 is 2.40 bits per heavy atom. The quantitative estimate of drug-likeness (QED) is 0.188. The van der Waals surface area contributed by atoms with E-state index in [0.29, 0.717) is 12.0 Å². The molecule has 2 aromatic carbocycles. The minimum Gasteiger partial charge on any atom is -0.480 e. The molecule has 3 rings (SSSR count). The van der Waals surface area contributed by atoms with Crippen molar-refractivity contribution in [2.24, 2.45) is 5.11 Å². The van der Waals surface area contributed by atoms with Crippen LogP contribution in [0.2, 0.25) is 0 Å². The molecule has 14 heteroatoms. The summed E-state index contributed by atoms with van der Waals surface area (Å²) in [4.78, 5) is 71.3. The van der Waals surface area contributed by atoms with E-state index >= 15 is 0 Å². The van der Waals surface area contributed by atoms with Gasteiger partial charge in [0.1, 0.15) is 40.4 Å². The van der Waals surface area contributed by atoms with Crippen molar-refractivity contribution in [1.29, 1.82) is 5.53 Å². The largest absolute Gasteiger partial charge is 0.480 e. The number of nitrogens with zero attached hydrogens (tertiary/aromatic N) is 4. The van der Waals surface area contributed by atoms with Gasteiger partial charge in [-0.3, -0.25) is 19.3 Å². The average molecular weight is 653 g/mol. The lowest BCUT2D eigenvalue weighted by atomic mass is 10.0. The number of likely N-dealkylation sites (N-methyl/N-ethyl adjacent to an activating group) is 1. The first kappa shape index (κ1) is 36.6. The Bertz CT molecular complexity index is 1520. The number of carboxylic acid groups (broad SMARTS) is 1. The van der Waals surface area contributed by atoms with Crippen molar-refractivity contribution in [3.8, 4) is 0 Å². The van der Waals surface area contributed by atoms with Gasteiger partial charge in [-0.2, -0.15) is 0 Å². The summed E-state index contributed by atoms with van der Waals surface area (Å²) in [6.07, 6.45) is 1.07. The summed E-state index contributed by atoms with van der Waals surface area (Å²) in [7, 11) is 1.43. The molecule has 14 nitrogen and oxygen atoms in total. The fraction of sp³-hybridized carbons (Fsp3) is 0.545. The number of aliphatic carboxylic acids is 1. The molecule has 47 heavy (non-hydrogen) atoms. The highest BCUT2D eigenvalue weighted by Crippen LogP contribution is 2.24. The Morgan fingerprint density at radius 2 is 1.79 bits per heavy atom. The number of nitrogens with one attached hydrogen (secondary N) is 3. The van der Waals surface area contributed by atoms with Gasteiger partial charge in [-0.15, -0.1) is 0 Å². The maximum Gasteiger partial charge on any atom is 0.410 e. The van der Waals surface area contributed by atoms with Gasteiger partial charge in [-0.05, 0) is 56.9 Å². The SMILES string of the molecule is CCCC[C@@H](NC(=O)[C@H](C)N(C)C(=O)OC(C)(C)C)C(=O)N1CC[C@@H](N=[N+]=N)[C@H]1C(=O)N[C@@H](Cc1ccc2ccccc2c1)C(=O)O. The number of carbonyl (C=O) groups is 5. The Kier molecular flexibility index (Phi) is 12.6. The molecular weight excluding hydrogens is 606 g/mol. The number of fused-ring (bicyclic) bond motifs is 1. The van der Waals surface area contributed by atoms with Crippen LogP contribution in [0.25, 0.3) is 10.8 Å². The minimum atomic E-state index is -1.31. The summed E-state index contributed by atoms with van der Waals surface area (Å²) in [5.41, 5.74) is 7.20. The highest BCUT2D eigenvalue weighted by molar-refractivity contribution is 5.95. The third-order valence-electron chi connectivity index (χ3n) is 8.09. The Labute approximate surface area is 274 Å². The lowest BCUT2D eigenvalue weighted by Crippen LogP contribution is -2.59. The van der Waals surface area contributed by atoms with Crippen molar-refractivity contribution < 1.29 is 33.8 Å². The molecule has 0 aromatic heterocycles. The molecule has 2 aromatic rings. The van der Waals surface area contributed by atoms with Crippen LogP contribution in [-0.4, -0.2) is 94.1 Å². The normalized spacial score (nSPS) is 18.0. The van der Waals surface area contributed by atoms with E-state index in [9.17, 15) is 29.1 Å². The smallest absolute Gasteiger partial charge is 0.410 e. The molecule has 0 saturated carbocycles. The molecule has 1 aliphatic rings. The summed E-state index contributed by atoms with van der Waals surface area (Å²) in [5, 5.41) is 21.1. The third-order valence-corrected chi connectivity index (χ3v) is 8.09. The molecule has 1 heterocycles. The number of likely N-dealkylation sites (tertiary alicyclic amines) is 1. The maximum absolute atomic E-state index is 14.0. The summed E-state index contributed by atoms with van der Waals surface area (Å²) in [6.45, 7) is 8.65. The fourth-order valence-electron chi connectivity index (χ4n) is 5.42. The highest BCUT2D eigenvalue weighted by Gasteiger charge is 2.47. The van der Waals surface area contributed by atoms with Crippen LogP contribution in [0.5, 0.6) is 0 Å². The van der Waals surface area contributed by atoms with Crippen molar-refractivity contribution >= 4 is 40.6 Å². The standard InChI is InChI=1S/C33H45N7O7/c1-7-8-13-25(35-28(41)20(2)39(6)32(46)47-33(3,4)5)30(43)40-17-16-24(37-38-34)27(40)29(42)36-26(31(44)45)19-21-14-15-22-11-9-10-12-23(22)18-21/h9-12,14-15,18,20,24-27,34H,7-8,13,16-17,19H2,1-6H3,(H2-,35,36,41,42,44,45)/p+1/t20-,24+,25+,26-,27-/m0/s1. The molecular formula is C33H46N7O7+. The predicted octanol–water partition coefficient (Wildman–Crippen LogP) is 3.40. The van der Waals surface area contributed by atoms with Gasteiger partial charge in [0, 0.05) is 20.0 Å². The molecule has 0 bridgehead atoms. The van der Waals surface area contributed by atoms with Crippen LogP contribution in [-0.2, 0) is 30.3 Å². The topological polar surface area (TPSA) is 196 Å². The Hall–Kier alpha value is -4.84. The van der Waals surface area contributed by atoms with E-state index in [4.69, 9.17) is 10.3 Å². The van der Waals surface area contributed by atoms with E-state index in [1.165, 1.54) is 18.9 Å². The number of benzene rings is 2. The van der Waals surface area contributed by atoms with E-state index in [0.717, 1.165) is 22.1 Å². The van der Waals surface area contributed by atoms with E-state index in [1.807, 2.05) is 43.3 Å². The van der Waals surface area contributed by atoms with Crippen molar-refractivity contribution in [3.63, 3.8) is 0 Å². The second kappa shape index (κ2) is 16.1. The first-order valence-electron chi connectivity index (χ1n) is 15.8. The molecule has 1 aliphatic heterocycles. The summed E-state index contributed by atoms with van der Waals surface area (Å²) in [6, 6.07) is 7.73. The zero-order valence-corrected chi connectivity index (χ0v) is 27.9. The lowest BCUT2D eigenvalue weighted by molar-refractivity contribution is -0.145. The molecule has 0 unspecified atom stereocenters. The third kappa shape index (κ3) is 9.82. The Balaban J connectivity index is 1.81. The van der Waals surface area contributed by atoms with Crippen LogP contribution in [0.15, 0.2) is 47.6 Å². The van der Waals surface area contributed by atoms with E-state index in [1.54, 1.807) is 26.8 Å². The maximum atomic E-state index is 14.0. The lowest BCUT2D eigenvalue weighted by Gasteiger charge is -2.32. The summed E-state index contributed by atoms with van der Waals surface area (Å²) < 4.78 is 5.36. The summed E-state index contributed by atoms with van der Waals surface area (Å²) >= 11 is 0. The van der Waals surface area contributed by atoms with Crippen LogP contribution >= 0.6 is 0 Å². The van der Waals surface area contributed by atoms with Gasteiger partial charge >= 0.3 is 12.1 Å². The van der Waals surface area contributed by atoms with Crippen molar-refractivity contribution in [2.45, 2.75) is 103 Å². The molecule has 1 fully saturated rings. The number of carbonyl (C=O) groups excluding carboxylic acids is 4. The van der Waals surface area contributed by atoms with Gasteiger partial charge in [-0.1, -0.05) is 62.2 Å². The van der Waals surface area contributed by atoms with Gasteiger partial charge in [0.15, 0.2) is 6.04 Å². The van der Waals surface area contributed by atoms with Crippen LogP contribution in [0.4, 0.5) is 4.79 Å².